The Morgan fingerprint density at radius 2 is 1.60 bits per heavy atom. The molecule has 0 saturated heterocycles. The molecule has 1 unspecified atom stereocenters. The average molecular weight is 270 g/mol. The van der Waals surface area contributed by atoms with Crippen LogP contribution in [0.1, 0.15) is 22.8 Å². The molecule has 0 spiro atoms. The molecule has 0 aromatic heterocycles. The van der Waals surface area contributed by atoms with E-state index in [1.54, 1.807) is 0 Å². The van der Waals surface area contributed by atoms with Gasteiger partial charge in [-0.3, -0.25) is 0 Å². The highest BCUT2D eigenvalue weighted by Gasteiger charge is 2.19. The van der Waals surface area contributed by atoms with Crippen LogP contribution in [-0.4, -0.2) is 18.5 Å². The molecule has 1 atom stereocenters. The minimum atomic E-state index is -0.671. The molecular weight excluding hydrogens is 256 g/mol. The molecule has 0 aliphatic carbocycles. The van der Waals surface area contributed by atoms with Crippen LogP contribution >= 0.6 is 0 Å². The minimum Gasteiger partial charge on any atom is -0.493 e. The number of rotatable bonds is 2. The van der Waals surface area contributed by atoms with Gasteiger partial charge in [-0.15, -0.1) is 0 Å². The smallest absolute Gasteiger partial charge is 0.231 e. The number of aliphatic hydroxyl groups excluding tert-OH is 1. The van der Waals surface area contributed by atoms with Gasteiger partial charge in [-0.25, -0.2) is 0 Å². The second-order valence-corrected chi connectivity index (χ2v) is 4.98. The summed E-state index contributed by atoms with van der Waals surface area (Å²) in [6.07, 6.45) is 0.229. The maximum atomic E-state index is 10.5. The van der Waals surface area contributed by atoms with Crippen molar-refractivity contribution in [2.24, 2.45) is 0 Å². The van der Waals surface area contributed by atoms with Crippen molar-refractivity contribution in [2.45, 2.75) is 12.5 Å². The molecule has 0 radical (unpaired) electrons. The lowest BCUT2D eigenvalue weighted by Crippen LogP contribution is -2.00. The Bertz CT molecular complexity index is 608. The molecule has 0 bridgehead atoms. The Morgan fingerprint density at radius 3 is 2.50 bits per heavy atom. The number of fused-ring (bicyclic) bond motifs is 2. The van der Waals surface area contributed by atoms with Crippen LogP contribution in [0.2, 0.25) is 0 Å². The van der Waals surface area contributed by atoms with Crippen molar-refractivity contribution in [3.05, 3.63) is 53.1 Å². The Balaban J connectivity index is 1.68. The Labute approximate surface area is 116 Å². The molecular formula is C16H14O4. The third-order valence-electron chi connectivity index (χ3n) is 3.74. The van der Waals surface area contributed by atoms with Crippen LogP contribution in [0.25, 0.3) is 0 Å². The summed E-state index contributed by atoms with van der Waals surface area (Å²) in [7, 11) is 0. The van der Waals surface area contributed by atoms with E-state index < -0.39 is 6.10 Å². The first-order valence-corrected chi connectivity index (χ1v) is 6.64. The first kappa shape index (κ1) is 11.6. The van der Waals surface area contributed by atoms with E-state index in [0.29, 0.717) is 5.75 Å². The zero-order valence-electron chi connectivity index (χ0n) is 10.8. The lowest BCUT2D eigenvalue weighted by Gasteiger charge is -2.13. The Kier molecular flexibility index (Phi) is 2.57. The lowest BCUT2D eigenvalue weighted by molar-refractivity contribution is 0.173. The van der Waals surface area contributed by atoms with E-state index in [2.05, 4.69) is 0 Å². The summed E-state index contributed by atoms with van der Waals surface area (Å²) in [6, 6.07) is 11.4. The van der Waals surface area contributed by atoms with Crippen LogP contribution in [0, 0.1) is 0 Å². The van der Waals surface area contributed by atoms with Gasteiger partial charge in [0, 0.05) is 6.42 Å². The molecule has 4 nitrogen and oxygen atoms in total. The zero-order valence-corrected chi connectivity index (χ0v) is 10.8. The minimum absolute atomic E-state index is 0.241. The van der Waals surface area contributed by atoms with Crippen LogP contribution in [0.4, 0.5) is 0 Å². The molecule has 0 fully saturated rings. The molecule has 2 aliphatic heterocycles. The van der Waals surface area contributed by atoms with E-state index in [1.807, 2.05) is 36.4 Å². The molecule has 2 aromatic carbocycles. The van der Waals surface area contributed by atoms with Crippen LogP contribution in [0.5, 0.6) is 17.2 Å². The molecule has 1 N–H and O–H groups in total. The molecule has 0 amide bonds. The fraction of sp³-hybridized carbons (Fsp3) is 0.250. The summed E-state index contributed by atoms with van der Waals surface area (Å²) >= 11 is 0. The van der Waals surface area contributed by atoms with Gasteiger partial charge in [0.05, 0.1) is 6.61 Å². The van der Waals surface area contributed by atoms with Crippen molar-refractivity contribution >= 4 is 0 Å². The van der Waals surface area contributed by atoms with Gasteiger partial charge in [-0.1, -0.05) is 12.1 Å². The third-order valence-corrected chi connectivity index (χ3v) is 3.74. The highest BCUT2D eigenvalue weighted by Crippen LogP contribution is 2.36. The van der Waals surface area contributed by atoms with Crippen LogP contribution in [-0.2, 0) is 6.42 Å². The largest absolute Gasteiger partial charge is 0.493 e. The predicted octanol–water partition coefficient (Wildman–Crippen LogP) is 2.43. The molecule has 2 heterocycles. The first-order valence-electron chi connectivity index (χ1n) is 6.64. The summed E-state index contributed by atoms with van der Waals surface area (Å²) in [6.45, 7) is 0.962. The molecule has 4 heteroatoms. The molecule has 4 rings (SSSR count). The maximum Gasteiger partial charge on any atom is 0.231 e. The summed E-state index contributed by atoms with van der Waals surface area (Å²) in [5.41, 5.74) is 2.82. The highest BCUT2D eigenvalue weighted by molar-refractivity contribution is 5.48. The monoisotopic (exact) mass is 270 g/mol. The summed E-state index contributed by atoms with van der Waals surface area (Å²) in [5, 5.41) is 10.5. The molecule has 102 valence electrons. The quantitative estimate of drug-likeness (QED) is 0.910. The highest BCUT2D eigenvalue weighted by atomic mass is 16.7. The zero-order chi connectivity index (χ0) is 13.5. The molecule has 2 aromatic rings. The average Bonchev–Trinajstić information content (AvgIpc) is 3.13. The number of ether oxygens (including phenoxy) is 3. The van der Waals surface area contributed by atoms with E-state index in [1.165, 1.54) is 0 Å². The second-order valence-electron chi connectivity index (χ2n) is 4.98. The number of hydrogen-bond donors (Lipinski definition) is 1. The fourth-order valence-electron chi connectivity index (χ4n) is 2.65. The topological polar surface area (TPSA) is 47.9 Å². The normalized spacial score (nSPS) is 16.6. The van der Waals surface area contributed by atoms with Crippen molar-refractivity contribution in [1.82, 2.24) is 0 Å². The Morgan fingerprint density at radius 1 is 0.850 bits per heavy atom. The van der Waals surface area contributed by atoms with E-state index in [-0.39, 0.29) is 6.79 Å². The van der Waals surface area contributed by atoms with E-state index in [0.717, 1.165) is 41.2 Å². The van der Waals surface area contributed by atoms with Crippen LogP contribution in [0.3, 0.4) is 0 Å². The fourth-order valence-corrected chi connectivity index (χ4v) is 2.65. The van der Waals surface area contributed by atoms with E-state index >= 15 is 0 Å². The van der Waals surface area contributed by atoms with Gasteiger partial charge >= 0.3 is 0 Å². The third kappa shape index (κ3) is 1.80. The van der Waals surface area contributed by atoms with Crippen LogP contribution < -0.4 is 14.2 Å². The van der Waals surface area contributed by atoms with E-state index in [4.69, 9.17) is 14.2 Å². The molecule has 20 heavy (non-hydrogen) atoms. The number of aliphatic hydroxyl groups is 1. The summed E-state index contributed by atoms with van der Waals surface area (Å²) in [4.78, 5) is 0. The van der Waals surface area contributed by atoms with Gasteiger partial charge in [-0.2, -0.15) is 0 Å². The van der Waals surface area contributed by atoms with Gasteiger partial charge in [-0.05, 0) is 41.0 Å². The van der Waals surface area contributed by atoms with Crippen molar-refractivity contribution in [2.75, 3.05) is 13.4 Å². The SMILES string of the molecule is OC(c1ccc2c(c1)CCO2)c1ccc2c(c1)OCO2. The number of hydrogen-bond acceptors (Lipinski definition) is 4. The Hall–Kier alpha value is -2.20. The number of benzene rings is 2. The van der Waals surface area contributed by atoms with Gasteiger partial charge in [0.15, 0.2) is 11.5 Å². The molecule has 2 aliphatic rings. The first-order chi connectivity index (χ1) is 9.81. The van der Waals surface area contributed by atoms with Crippen LogP contribution in [0.15, 0.2) is 36.4 Å². The standard InChI is InChI=1S/C16H14O4/c17-16(11-1-3-13-10(7-11)5-6-18-13)12-2-4-14-15(8-12)20-9-19-14/h1-4,7-8,16-17H,5-6,9H2. The second kappa shape index (κ2) is 4.42. The summed E-state index contributed by atoms with van der Waals surface area (Å²) < 4.78 is 16.1. The van der Waals surface area contributed by atoms with Gasteiger partial charge in [0.25, 0.3) is 0 Å². The van der Waals surface area contributed by atoms with Crippen molar-refractivity contribution < 1.29 is 19.3 Å². The summed E-state index contributed by atoms with van der Waals surface area (Å²) in [5.74, 6) is 2.33. The van der Waals surface area contributed by atoms with Gasteiger partial charge < -0.3 is 19.3 Å². The van der Waals surface area contributed by atoms with Crippen molar-refractivity contribution in [1.29, 1.82) is 0 Å². The van der Waals surface area contributed by atoms with Crippen molar-refractivity contribution in [3.8, 4) is 17.2 Å². The van der Waals surface area contributed by atoms with E-state index in [9.17, 15) is 5.11 Å². The lowest BCUT2D eigenvalue weighted by atomic mass is 9.98. The van der Waals surface area contributed by atoms with Crippen molar-refractivity contribution in [3.63, 3.8) is 0 Å². The predicted molar refractivity (Wildman–Crippen MR) is 72.3 cm³/mol. The maximum absolute atomic E-state index is 10.5. The van der Waals surface area contributed by atoms with Gasteiger partial charge in [0.1, 0.15) is 11.9 Å². The molecule has 0 saturated carbocycles. The van der Waals surface area contributed by atoms with Gasteiger partial charge in [0.2, 0.25) is 6.79 Å².